The van der Waals surface area contributed by atoms with Gasteiger partial charge in [-0.3, -0.25) is 4.79 Å². The zero-order valence-electron chi connectivity index (χ0n) is 14.9. The summed E-state index contributed by atoms with van der Waals surface area (Å²) in [5, 5.41) is 4.43. The van der Waals surface area contributed by atoms with Crippen LogP contribution < -0.4 is 10.2 Å². The summed E-state index contributed by atoms with van der Waals surface area (Å²) < 4.78 is 5.87. The number of hydrogen-bond acceptors (Lipinski definition) is 3. The van der Waals surface area contributed by atoms with Crippen LogP contribution >= 0.6 is 11.6 Å². The molecule has 3 rings (SSSR count). The first-order valence-electron chi connectivity index (χ1n) is 8.49. The van der Waals surface area contributed by atoms with Gasteiger partial charge in [0.15, 0.2) is 0 Å². The number of hydrazone groups is 1. The van der Waals surface area contributed by atoms with Crippen molar-refractivity contribution in [2.45, 2.75) is 13.5 Å². The molecule has 1 amide bonds. The lowest BCUT2D eigenvalue weighted by Crippen LogP contribution is -2.18. The minimum Gasteiger partial charge on any atom is -0.488 e. The van der Waals surface area contributed by atoms with Crippen molar-refractivity contribution in [1.29, 1.82) is 0 Å². The SMILES string of the molecule is Cc1ccc(C(=O)N/N=C\c2ccccc2OCc2ccccc2)c(Cl)c1. The molecule has 0 aromatic heterocycles. The summed E-state index contributed by atoms with van der Waals surface area (Å²) in [6.07, 6.45) is 1.56. The van der Waals surface area contributed by atoms with E-state index in [1.807, 2.05) is 67.6 Å². The van der Waals surface area contributed by atoms with Gasteiger partial charge in [-0.1, -0.05) is 60.1 Å². The van der Waals surface area contributed by atoms with Gasteiger partial charge < -0.3 is 4.74 Å². The van der Waals surface area contributed by atoms with Crippen LogP contribution in [0.4, 0.5) is 0 Å². The van der Waals surface area contributed by atoms with E-state index in [2.05, 4.69) is 10.5 Å². The Labute approximate surface area is 163 Å². The van der Waals surface area contributed by atoms with E-state index >= 15 is 0 Å². The number of amides is 1. The quantitative estimate of drug-likeness (QED) is 0.485. The highest BCUT2D eigenvalue weighted by molar-refractivity contribution is 6.33. The molecule has 3 aromatic rings. The topological polar surface area (TPSA) is 50.7 Å². The molecular weight excluding hydrogens is 360 g/mol. The summed E-state index contributed by atoms with van der Waals surface area (Å²) in [5.74, 6) is 0.326. The maximum absolute atomic E-state index is 12.2. The van der Waals surface area contributed by atoms with Crippen LogP contribution in [0.3, 0.4) is 0 Å². The highest BCUT2D eigenvalue weighted by Crippen LogP contribution is 2.19. The summed E-state index contributed by atoms with van der Waals surface area (Å²) in [6, 6.07) is 22.7. The molecule has 0 saturated heterocycles. The Balaban J connectivity index is 1.65. The van der Waals surface area contributed by atoms with Crippen LogP contribution in [0.1, 0.15) is 27.0 Å². The first kappa shape index (κ1) is 18.7. The first-order chi connectivity index (χ1) is 13.1. The van der Waals surface area contributed by atoms with Gasteiger partial charge in [-0.25, -0.2) is 5.43 Å². The van der Waals surface area contributed by atoms with Crippen LogP contribution in [0.2, 0.25) is 5.02 Å². The molecule has 0 heterocycles. The summed E-state index contributed by atoms with van der Waals surface area (Å²) in [6.45, 7) is 2.37. The predicted octanol–water partition coefficient (Wildman–Crippen LogP) is 4.99. The van der Waals surface area contributed by atoms with Crippen LogP contribution in [0.5, 0.6) is 5.75 Å². The average Bonchev–Trinajstić information content (AvgIpc) is 2.68. The van der Waals surface area contributed by atoms with Crippen molar-refractivity contribution in [3.05, 3.63) is 100 Å². The van der Waals surface area contributed by atoms with E-state index in [9.17, 15) is 4.79 Å². The summed E-state index contributed by atoms with van der Waals surface area (Å²) in [5.41, 5.74) is 5.71. The fourth-order valence-electron chi connectivity index (χ4n) is 2.48. The zero-order chi connectivity index (χ0) is 19.1. The number of halogens is 1. The van der Waals surface area contributed by atoms with Gasteiger partial charge in [0.2, 0.25) is 0 Å². The number of ether oxygens (including phenoxy) is 1. The molecule has 0 bridgehead atoms. The first-order valence-corrected chi connectivity index (χ1v) is 8.86. The molecule has 1 N–H and O–H groups in total. The third-order valence-corrected chi connectivity index (χ3v) is 4.21. The minimum atomic E-state index is -0.362. The molecule has 0 aliphatic heterocycles. The number of aryl methyl sites for hydroxylation is 1. The normalized spacial score (nSPS) is 10.7. The second kappa shape index (κ2) is 9.01. The molecular formula is C22H19ClN2O2. The fourth-order valence-corrected chi connectivity index (χ4v) is 2.80. The molecule has 3 aromatic carbocycles. The molecule has 5 heteroatoms. The van der Waals surface area contributed by atoms with Gasteiger partial charge in [0.1, 0.15) is 12.4 Å². The number of para-hydroxylation sites is 1. The van der Waals surface area contributed by atoms with Crippen LogP contribution in [-0.4, -0.2) is 12.1 Å². The van der Waals surface area contributed by atoms with E-state index in [1.165, 1.54) is 0 Å². The number of carbonyl (C=O) groups is 1. The standard InChI is InChI=1S/C22H19ClN2O2/c1-16-11-12-19(20(23)13-16)22(26)25-24-14-18-9-5-6-10-21(18)27-15-17-7-3-2-4-8-17/h2-14H,15H2,1H3,(H,25,26)/b24-14-. The molecule has 0 aliphatic rings. The van der Waals surface area contributed by atoms with E-state index in [0.717, 1.165) is 16.7 Å². The largest absolute Gasteiger partial charge is 0.488 e. The van der Waals surface area contributed by atoms with Crippen molar-refractivity contribution in [2.75, 3.05) is 0 Å². The molecule has 0 spiro atoms. The number of rotatable bonds is 6. The van der Waals surface area contributed by atoms with Crippen LogP contribution in [-0.2, 0) is 6.61 Å². The Hall–Kier alpha value is -3.11. The molecule has 0 radical (unpaired) electrons. The molecule has 136 valence electrons. The average molecular weight is 379 g/mol. The molecule has 0 saturated carbocycles. The van der Waals surface area contributed by atoms with Crippen molar-refractivity contribution in [1.82, 2.24) is 5.43 Å². The highest BCUT2D eigenvalue weighted by atomic mass is 35.5. The van der Waals surface area contributed by atoms with Crippen molar-refractivity contribution in [2.24, 2.45) is 5.10 Å². The predicted molar refractivity (Wildman–Crippen MR) is 108 cm³/mol. The molecule has 0 unspecified atom stereocenters. The molecule has 27 heavy (non-hydrogen) atoms. The molecule has 4 nitrogen and oxygen atoms in total. The van der Waals surface area contributed by atoms with Crippen molar-refractivity contribution in [3.63, 3.8) is 0 Å². The number of benzene rings is 3. The van der Waals surface area contributed by atoms with Gasteiger partial charge in [0.05, 0.1) is 16.8 Å². The Bertz CT molecular complexity index is 956. The Kier molecular flexibility index (Phi) is 6.23. The van der Waals surface area contributed by atoms with E-state index in [1.54, 1.807) is 18.3 Å². The third kappa shape index (κ3) is 5.19. The van der Waals surface area contributed by atoms with Crippen molar-refractivity contribution in [3.8, 4) is 5.75 Å². The smallest absolute Gasteiger partial charge is 0.272 e. The van der Waals surface area contributed by atoms with E-state index in [0.29, 0.717) is 22.9 Å². The van der Waals surface area contributed by atoms with Gasteiger partial charge in [-0.05, 0) is 42.3 Å². The van der Waals surface area contributed by atoms with E-state index in [4.69, 9.17) is 16.3 Å². The monoisotopic (exact) mass is 378 g/mol. The maximum atomic E-state index is 12.2. The lowest BCUT2D eigenvalue weighted by molar-refractivity contribution is 0.0955. The second-order valence-electron chi connectivity index (χ2n) is 5.99. The molecule has 0 fully saturated rings. The summed E-state index contributed by atoms with van der Waals surface area (Å²) >= 11 is 6.11. The maximum Gasteiger partial charge on any atom is 0.272 e. The van der Waals surface area contributed by atoms with Gasteiger partial charge in [0, 0.05) is 5.56 Å². The van der Waals surface area contributed by atoms with Gasteiger partial charge in [-0.2, -0.15) is 5.10 Å². The Morgan fingerprint density at radius 1 is 1.07 bits per heavy atom. The second-order valence-corrected chi connectivity index (χ2v) is 6.40. The lowest BCUT2D eigenvalue weighted by atomic mass is 10.1. The zero-order valence-corrected chi connectivity index (χ0v) is 15.6. The summed E-state index contributed by atoms with van der Waals surface area (Å²) in [4.78, 5) is 12.2. The van der Waals surface area contributed by atoms with Gasteiger partial charge in [-0.15, -0.1) is 0 Å². The van der Waals surface area contributed by atoms with Crippen molar-refractivity contribution >= 4 is 23.7 Å². The fraction of sp³-hybridized carbons (Fsp3) is 0.0909. The lowest BCUT2D eigenvalue weighted by Gasteiger charge is -2.09. The minimum absolute atomic E-state index is 0.362. The van der Waals surface area contributed by atoms with E-state index < -0.39 is 0 Å². The van der Waals surface area contributed by atoms with Crippen molar-refractivity contribution < 1.29 is 9.53 Å². The molecule has 0 atom stereocenters. The number of nitrogens with zero attached hydrogens (tertiary/aromatic N) is 1. The van der Waals surface area contributed by atoms with Crippen LogP contribution in [0, 0.1) is 6.92 Å². The van der Waals surface area contributed by atoms with Crippen LogP contribution in [0.25, 0.3) is 0 Å². The highest BCUT2D eigenvalue weighted by Gasteiger charge is 2.09. The Morgan fingerprint density at radius 2 is 1.81 bits per heavy atom. The van der Waals surface area contributed by atoms with Gasteiger partial charge >= 0.3 is 0 Å². The number of hydrogen-bond donors (Lipinski definition) is 1. The van der Waals surface area contributed by atoms with Gasteiger partial charge in [0.25, 0.3) is 5.91 Å². The third-order valence-electron chi connectivity index (χ3n) is 3.90. The summed E-state index contributed by atoms with van der Waals surface area (Å²) in [7, 11) is 0. The number of nitrogens with one attached hydrogen (secondary N) is 1. The van der Waals surface area contributed by atoms with Crippen LogP contribution in [0.15, 0.2) is 77.9 Å². The number of carbonyl (C=O) groups excluding carboxylic acids is 1. The molecule has 0 aliphatic carbocycles. The Morgan fingerprint density at radius 3 is 2.59 bits per heavy atom. The van der Waals surface area contributed by atoms with E-state index in [-0.39, 0.29) is 5.91 Å².